The zero-order valence-electron chi connectivity index (χ0n) is 11.6. The molecule has 0 aromatic carbocycles. The van der Waals surface area contributed by atoms with Gasteiger partial charge in [-0.2, -0.15) is 0 Å². The smallest absolute Gasteiger partial charge is 0.239 e. The molecule has 0 aliphatic rings. The number of rotatable bonds is 6. The molecule has 0 bridgehead atoms. The van der Waals surface area contributed by atoms with Gasteiger partial charge >= 0.3 is 0 Å². The number of carbonyl (C=O) groups is 2. The Labute approximate surface area is 104 Å². The highest BCUT2D eigenvalue weighted by atomic mass is 16.2. The van der Waals surface area contributed by atoms with E-state index in [1.54, 1.807) is 7.05 Å². The summed E-state index contributed by atoms with van der Waals surface area (Å²) in [5.74, 6) is -0.139. The van der Waals surface area contributed by atoms with Crippen molar-refractivity contribution in [1.82, 2.24) is 15.5 Å². The largest absolute Gasteiger partial charge is 0.355 e. The summed E-state index contributed by atoms with van der Waals surface area (Å²) in [6.45, 7) is 9.35. The maximum Gasteiger partial charge on any atom is 0.239 e. The Morgan fingerprint density at radius 2 is 1.82 bits per heavy atom. The van der Waals surface area contributed by atoms with Gasteiger partial charge in [0.05, 0.1) is 6.54 Å². The van der Waals surface area contributed by atoms with E-state index in [0.717, 1.165) is 0 Å². The predicted molar refractivity (Wildman–Crippen MR) is 68.7 cm³/mol. The van der Waals surface area contributed by atoms with E-state index in [1.165, 1.54) is 4.90 Å². The number of nitrogens with one attached hydrogen (secondary N) is 2. The minimum atomic E-state index is -0.118. The molecule has 5 nitrogen and oxygen atoms in total. The first-order chi connectivity index (χ1) is 7.76. The maximum absolute atomic E-state index is 11.7. The lowest BCUT2D eigenvalue weighted by Gasteiger charge is -2.22. The quantitative estimate of drug-likeness (QED) is 0.708. The standard InChI is InChI=1S/C12H25N3O2/c1-6-13-10(16)9-15(5)11(17)7-8-14-12(2,3)4/h14H,6-9H2,1-5H3,(H,13,16). The molecule has 17 heavy (non-hydrogen) atoms. The lowest BCUT2D eigenvalue weighted by atomic mass is 10.1. The Morgan fingerprint density at radius 1 is 1.24 bits per heavy atom. The lowest BCUT2D eigenvalue weighted by Crippen LogP contribution is -2.41. The molecule has 0 saturated heterocycles. The third-order valence-electron chi connectivity index (χ3n) is 2.17. The van der Waals surface area contributed by atoms with Gasteiger partial charge in [-0.25, -0.2) is 0 Å². The predicted octanol–water partition coefficient (Wildman–Crippen LogP) is 0.359. The molecule has 5 heteroatoms. The first-order valence-corrected chi connectivity index (χ1v) is 6.02. The van der Waals surface area contributed by atoms with Gasteiger partial charge in [-0.05, 0) is 27.7 Å². The van der Waals surface area contributed by atoms with Crippen LogP contribution >= 0.6 is 0 Å². The molecule has 0 saturated carbocycles. The number of amides is 2. The van der Waals surface area contributed by atoms with Gasteiger partial charge in [-0.15, -0.1) is 0 Å². The Morgan fingerprint density at radius 3 is 2.29 bits per heavy atom. The third-order valence-corrected chi connectivity index (χ3v) is 2.17. The third kappa shape index (κ3) is 8.68. The molecule has 0 fully saturated rings. The molecule has 0 aromatic rings. The highest BCUT2D eigenvalue weighted by molar-refractivity contribution is 5.84. The number of likely N-dealkylation sites (N-methyl/N-ethyl adjacent to an activating group) is 2. The molecule has 0 spiro atoms. The Hall–Kier alpha value is -1.10. The molecule has 0 rings (SSSR count). The van der Waals surface area contributed by atoms with E-state index in [2.05, 4.69) is 31.4 Å². The Kier molecular flexibility index (Phi) is 6.80. The SMILES string of the molecule is CCNC(=O)CN(C)C(=O)CCNC(C)(C)C. The second-order valence-corrected chi connectivity index (χ2v) is 5.13. The topological polar surface area (TPSA) is 61.4 Å². The maximum atomic E-state index is 11.7. The molecular formula is C12H25N3O2. The van der Waals surface area contributed by atoms with Crippen molar-refractivity contribution >= 4 is 11.8 Å². The molecule has 0 aliphatic carbocycles. The van der Waals surface area contributed by atoms with E-state index < -0.39 is 0 Å². The summed E-state index contributed by atoms with van der Waals surface area (Å²) in [7, 11) is 1.65. The zero-order chi connectivity index (χ0) is 13.5. The van der Waals surface area contributed by atoms with Crippen LogP contribution in [0.2, 0.25) is 0 Å². The van der Waals surface area contributed by atoms with Gasteiger partial charge in [-0.1, -0.05) is 0 Å². The van der Waals surface area contributed by atoms with E-state index in [4.69, 9.17) is 0 Å². The first kappa shape index (κ1) is 15.9. The second-order valence-electron chi connectivity index (χ2n) is 5.13. The molecule has 2 amide bonds. The number of nitrogens with zero attached hydrogens (tertiary/aromatic N) is 1. The Bertz CT molecular complexity index is 259. The van der Waals surface area contributed by atoms with Crippen LogP contribution in [0.25, 0.3) is 0 Å². The first-order valence-electron chi connectivity index (χ1n) is 6.02. The summed E-state index contributed by atoms with van der Waals surface area (Å²) in [6, 6.07) is 0. The van der Waals surface area contributed by atoms with Crippen molar-refractivity contribution in [1.29, 1.82) is 0 Å². The average molecular weight is 243 g/mol. The summed E-state index contributed by atoms with van der Waals surface area (Å²) < 4.78 is 0. The summed E-state index contributed by atoms with van der Waals surface area (Å²) in [6.07, 6.45) is 0.410. The molecule has 0 atom stereocenters. The average Bonchev–Trinajstić information content (AvgIpc) is 2.15. The van der Waals surface area contributed by atoms with E-state index in [-0.39, 0.29) is 23.9 Å². The van der Waals surface area contributed by atoms with Crippen molar-refractivity contribution in [3.8, 4) is 0 Å². The molecule has 0 radical (unpaired) electrons. The fraction of sp³-hybridized carbons (Fsp3) is 0.833. The van der Waals surface area contributed by atoms with E-state index in [1.807, 2.05) is 6.92 Å². The molecular weight excluding hydrogens is 218 g/mol. The highest BCUT2D eigenvalue weighted by Crippen LogP contribution is 1.99. The van der Waals surface area contributed by atoms with Crippen LogP contribution in [0.15, 0.2) is 0 Å². The number of hydrogen-bond donors (Lipinski definition) is 2. The summed E-state index contributed by atoms with van der Waals surface area (Å²) in [5.41, 5.74) is 0.0123. The van der Waals surface area contributed by atoms with Crippen molar-refractivity contribution in [3.05, 3.63) is 0 Å². The number of carbonyl (C=O) groups excluding carboxylic acids is 2. The normalized spacial score (nSPS) is 11.1. The minimum absolute atomic E-state index is 0.0123. The molecule has 100 valence electrons. The summed E-state index contributed by atoms with van der Waals surface area (Å²) in [5, 5.41) is 5.90. The Balaban J connectivity index is 3.86. The van der Waals surface area contributed by atoms with Gasteiger partial charge in [0.25, 0.3) is 0 Å². The molecule has 0 unspecified atom stereocenters. The van der Waals surface area contributed by atoms with Crippen LogP contribution in [-0.4, -0.2) is 48.9 Å². The molecule has 0 aliphatic heterocycles. The van der Waals surface area contributed by atoms with Crippen molar-refractivity contribution in [2.75, 3.05) is 26.7 Å². The molecule has 0 heterocycles. The monoisotopic (exact) mass is 243 g/mol. The fourth-order valence-electron chi connectivity index (χ4n) is 1.29. The van der Waals surface area contributed by atoms with Gasteiger partial charge in [0.15, 0.2) is 0 Å². The summed E-state index contributed by atoms with van der Waals surface area (Å²) in [4.78, 5) is 24.4. The minimum Gasteiger partial charge on any atom is -0.355 e. The van der Waals surface area contributed by atoms with Crippen LogP contribution in [0, 0.1) is 0 Å². The lowest BCUT2D eigenvalue weighted by molar-refractivity contribution is -0.134. The van der Waals surface area contributed by atoms with Gasteiger partial charge in [-0.3, -0.25) is 9.59 Å². The highest BCUT2D eigenvalue weighted by Gasteiger charge is 2.14. The van der Waals surface area contributed by atoms with Gasteiger partial charge in [0, 0.05) is 32.1 Å². The van der Waals surface area contributed by atoms with Crippen molar-refractivity contribution in [2.45, 2.75) is 39.7 Å². The van der Waals surface area contributed by atoms with Crippen molar-refractivity contribution in [3.63, 3.8) is 0 Å². The fourth-order valence-corrected chi connectivity index (χ4v) is 1.29. The van der Waals surface area contributed by atoms with Gasteiger partial charge in [0.2, 0.25) is 11.8 Å². The van der Waals surface area contributed by atoms with Crippen molar-refractivity contribution < 1.29 is 9.59 Å². The zero-order valence-corrected chi connectivity index (χ0v) is 11.6. The van der Waals surface area contributed by atoms with Crippen LogP contribution in [0.1, 0.15) is 34.1 Å². The molecule has 0 aromatic heterocycles. The van der Waals surface area contributed by atoms with Crippen LogP contribution in [0.5, 0.6) is 0 Å². The van der Waals surface area contributed by atoms with Gasteiger partial charge in [0.1, 0.15) is 0 Å². The summed E-state index contributed by atoms with van der Waals surface area (Å²) >= 11 is 0. The van der Waals surface area contributed by atoms with Gasteiger partial charge < -0.3 is 15.5 Å². The van der Waals surface area contributed by atoms with Crippen LogP contribution in [0.4, 0.5) is 0 Å². The molecule has 2 N–H and O–H groups in total. The van der Waals surface area contributed by atoms with E-state index in [9.17, 15) is 9.59 Å². The van der Waals surface area contributed by atoms with Crippen molar-refractivity contribution in [2.24, 2.45) is 0 Å². The van der Waals surface area contributed by atoms with Crippen LogP contribution in [-0.2, 0) is 9.59 Å². The van der Waals surface area contributed by atoms with Crippen LogP contribution < -0.4 is 10.6 Å². The van der Waals surface area contributed by atoms with E-state index >= 15 is 0 Å². The number of hydrogen-bond acceptors (Lipinski definition) is 3. The van der Waals surface area contributed by atoms with Crippen LogP contribution in [0.3, 0.4) is 0 Å². The second kappa shape index (κ2) is 7.27. The van der Waals surface area contributed by atoms with E-state index in [0.29, 0.717) is 19.5 Å².